The Morgan fingerprint density at radius 2 is 2.16 bits per heavy atom. The van der Waals surface area contributed by atoms with E-state index in [0.29, 0.717) is 6.54 Å². The molecule has 1 aromatic rings. The van der Waals surface area contributed by atoms with E-state index in [2.05, 4.69) is 17.4 Å². The summed E-state index contributed by atoms with van der Waals surface area (Å²) in [6.45, 7) is 5.76. The van der Waals surface area contributed by atoms with E-state index in [1.807, 2.05) is 26.0 Å². The fourth-order valence-electron chi connectivity index (χ4n) is 2.28. The molecule has 1 fully saturated rings. The molecule has 1 unspecified atom stereocenters. The second-order valence-electron chi connectivity index (χ2n) is 5.71. The molecule has 1 atom stereocenters. The molecule has 3 nitrogen and oxygen atoms in total. The molecule has 0 aliphatic heterocycles. The van der Waals surface area contributed by atoms with E-state index in [9.17, 15) is 0 Å². The van der Waals surface area contributed by atoms with E-state index in [4.69, 9.17) is 10.5 Å². The number of nitrogens with one attached hydrogen (secondary N) is 1. The largest absolute Gasteiger partial charge is 0.491 e. The Hall–Kier alpha value is -1.06. The van der Waals surface area contributed by atoms with E-state index in [1.54, 1.807) is 0 Å². The van der Waals surface area contributed by atoms with Crippen LogP contribution in [-0.4, -0.2) is 19.2 Å². The number of nitrogens with two attached hydrogens (primary N) is 1. The zero-order valence-electron chi connectivity index (χ0n) is 12.1. The molecule has 0 radical (unpaired) electrons. The summed E-state index contributed by atoms with van der Waals surface area (Å²) in [6.07, 6.45) is 4.30. The fraction of sp³-hybridized carbons (Fsp3) is 0.625. The van der Waals surface area contributed by atoms with Crippen LogP contribution in [0, 0.1) is 5.92 Å². The zero-order chi connectivity index (χ0) is 13.7. The van der Waals surface area contributed by atoms with Gasteiger partial charge in [-0.3, -0.25) is 0 Å². The molecule has 1 aliphatic carbocycles. The lowest BCUT2D eigenvalue weighted by Crippen LogP contribution is -2.29. The molecule has 19 heavy (non-hydrogen) atoms. The van der Waals surface area contributed by atoms with Crippen molar-refractivity contribution in [3.05, 3.63) is 29.8 Å². The average molecular weight is 262 g/mol. The van der Waals surface area contributed by atoms with Gasteiger partial charge in [-0.2, -0.15) is 0 Å². The minimum atomic E-state index is 0.203. The van der Waals surface area contributed by atoms with Gasteiger partial charge in [0.15, 0.2) is 0 Å². The van der Waals surface area contributed by atoms with Crippen molar-refractivity contribution in [2.45, 2.75) is 45.3 Å². The molecule has 0 spiro atoms. The third kappa shape index (κ3) is 4.84. The Balaban J connectivity index is 1.91. The summed E-state index contributed by atoms with van der Waals surface area (Å²) in [7, 11) is 0. The third-order valence-electron chi connectivity index (χ3n) is 3.51. The Bertz CT molecular complexity index is 388. The molecule has 1 aromatic carbocycles. The van der Waals surface area contributed by atoms with Crippen LogP contribution in [0.4, 0.5) is 0 Å². The first-order valence-electron chi connectivity index (χ1n) is 7.39. The van der Waals surface area contributed by atoms with Crippen LogP contribution in [0.1, 0.15) is 44.7 Å². The molecule has 3 heteroatoms. The Morgan fingerprint density at radius 3 is 2.79 bits per heavy atom. The van der Waals surface area contributed by atoms with Crippen LogP contribution in [-0.2, 0) is 0 Å². The molecular weight excluding hydrogens is 236 g/mol. The van der Waals surface area contributed by atoms with E-state index in [1.165, 1.54) is 24.8 Å². The standard InChI is InChI=1S/C16H26N2O/c1-12(2)19-15-5-3-4-14(10-15)16(11-17)18-9-8-13-6-7-13/h3-5,10,12-13,16,18H,6-9,11,17H2,1-2H3. The first-order chi connectivity index (χ1) is 9.19. The fourth-order valence-corrected chi connectivity index (χ4v) is 2.28. The first-order valence-corrected chi connectivity index (χ1v) is 7.39. The molecule has 3 N–H and O–H groups in total. The highest BCUT2D eigenvalue weighted by atomic mass is 16.5. The molecule has 106 valence electrons. The van der Waals surface area contributed by atoms with Gasteiger partial charge in [0, 0.05) is 12.6 Å². The lowest BCUT2D eigenvalue weighted by atomic mass is 10.1. The maximum absolute atomic E-state index is 5.89. The van der Waals surface area contributed by atoms with E-state index in [-0.39, 0.29) is 12.1 Å². The van der Waals surface area contributed by atoms with Gasteiger partial charge in [-0.05, 0) is 50.4 Å². The normalized spacial score (nSPS) is 16.6. The molecule has 0 aromatic heterocycles. The highest BCUT2D eigenvalue weighted by Gasteiger charge is 2.21. The van der Waals surface area contributed by atoms with Gasteiger partial charge in [-0.25, -0.2) is 0 Å². The molecule has 1 saturated carbocycles. The zero-order valence-corrected chi connectivity index (χ0v) is 12.1. The molecule has 2 rings (SSSR count). The molecule has 0 heterocycles. The molecular formula is C16H26N2O. The molecule has 0 saturated heterocycles. The van der Waals surface area contributed by atoms with E-state index in [0.717, 1.165) is 18.2 Å². The summed E-state index contributed by atoms with van der Waals surface area (Å²) in [4.78, 5) is 0. The van der Waals surface area contributed by atoms with Gasteiger partial charge in [0.1, 0.15) is 5.75 Å². The quantitative estimate of drug-likeness (QED) is 0.757. The molecule has 0 amide bonds. The number of hydrogen-bond acceptors (Lipinski definition) is 3. The number of rotatable bonds is 8. The Labute approximate surface area is 116 Å². The van der Waals surface area contributed by atoms with E-state index < -0.39 is 0 Å². The van der Waals surface area contributed by atoms with Gasteiger partial charge < -0.3 is 15.8 Å². The number of ether oxygens (including phenoxy) is 1. The van der Waals surface area contributed by atoms with E-state index >= 15 is 0 Å². The molecule has 1 aliphatic rings. The smallest absolute Gasteiger partial charge is 0.120 e. The SMILES string of the molecule is CC(C)Oc1cccc(C(CN)NCCC2CC2)c1. The van der Waals surface area contributed by atoms with Crippen LogP contribution in [0.2, 0.25) is 0 Å². The lowest BCUT2D eigenvalue weighted by Gasteiger charge is -2.19. The predicted octanol–water partition coefficient (Wildman–Crippen LogP) is 2.86. The van der Waals surface area contributed by atoms with Crippen LogP contribution in [0.3, 0.4) is 0 Å². The highest BCUT2D eigenvalue weighted by molar-refractivity contribution is 5.31. The van der Waals surface area contributed by atoms with Crippen molar-refractivity contribution >= 4 is 0 Å². The van der Waals surface area contributed by atoms with Gasteiger partial charge in [-0.1, -0.05) is 25.0 Å². The van der Waals surface area contributed by atoms with Crippen molar-refractivity contribution in [1.29, 1.82) is 0 Å². The van der Waals surface area contributed by atoms with Crippen molar-refractivity contribution in [2.24, 2.45) is 11.7 Å². The van der Waals surface area contributed by atoms with Crippen molar-refractivity contribution in [2.75, 3.05) is 13.1 Å². The first kappa shape index (κ1) is 14.4. The van der Waals surface area contributed by atoms with Gasteiger partial charge in [0.2, 0.25) is 0 Å². The van der Waals surface area contributed by atoms with Crippen LogP contribution >= 0.6 is 0 Å². The maximum Gasteiger partial charge on any atom is 0.120 e. The summed E-state index contributed by atoms with van der Waals surface area (Å²) >= 11 is 0. The molecule has 0 bridgehead atoms. The Kier molecular flexibility index (Phi) is 5.23. The average Bonchev–Trinajstić information content (AvgIpc) is 3.18. The topological polar surface area (TPSA) is 47.3 Å². The summed E-state index contributed by atoms with van der Waals surface area (Å²) in [5.74, 6) is 1.89. The van der Waals surface area contributed by atoms with Crippen molar-refractivity contribution < 1.29 is 4.74 Å². The van der Waals surface area contributed by atoms with Crippen LogP contribution in [0.25, 0.3) is 0 Å². The lowest BCUT2D eigenvalue weighted by molar-refractivity contribution is 0.242. The van der Waals surface area contributed by atoms with Crippen LogP contribution in [0.15, 0.2) is 24.3 Å². The summed E-state index contributed by atoms with van der Waals surface area (Å²) in [5.41, 5.74) is 7.10. The maximum atomic E-state index is 5.89. The van der Waals surface area contributed by atoms with Gasteiger partial charge in [0.25, 0.3) is 0 Å². The summed E-state index contributed by atoms with van der Waals surface area (Å²) < 4.78 is 5.73. The van der Waals surface area contributed by atoms with Crippen molar-refractivity contribution in [3.63, 3.8) is 0 Å². The Morgan fingerprint density at radius 1 is 1.37 bits per heavy atom. The third-order valence-corrected chi connectivity index (χ3v) is 3.51. The number of benzene rings is 1. The van der Waals surface area contributed by atoms with Gasteiger partial charge in [-0.15, -0.1) is 0 Å². The number of hydrogen-bond donors (Lipinski definition) is 2. The highest BCUT2D eigenvalue weighted by Crippen LogP contribution is 2.32. The van der Waals surface area contributed by atoms with Crippen molar-refractivity contribution in [3.8, 4) is 5.75 Å². The summed E-state index contributed by atoms with van der Waals surface area (Å²) in [5, 5.41) is 3.56. The minimum Gasteiger partial charge on any atom is -0.491 e. The summed E-state index contributed by atoms with van der Waals surface area (Å²) in [6, 6.07) is 8.49. The second kappa shape index (κ2) is 6.92. The van der Waals surface area contributed by atoms with Gasteiger partial charge in [0.05, 0.1) is 6.10 Å². The van der Waals surface area contributed by atoms with Crippen molar-refractivity contribution in [1.82, 2.24) is 5.32 Å². The minimum absolute atomic E-state index is 0.203. The van der Waals surface area contributed by atoms with Gasteiger partial charge >= 0.3 is 0 Å². The predicted molar refractivity (Wildman–Crippen MR) is 79.3 cm³/mol. The van der Waals surface area contributed by atoms with Crippen LogP contribution < -0.4 is 15.8 Å². The monoisotopic (exact) mass is 262 g/mol. The van der Waals surface area contributed by atoms with Crippen LogP contribution in [0.5, 0.6) is 5.75 Å². The second-order valence-corrected chi connectivity index (χ2v) is 5.71.